The summed E-state index contributed by atoms with van der Waals surface area (Å²) in [5.41, 5.74) is -1.03. The molecule has 0 bridgehead atoms. The van der Waals surface area contributed by atoms with Crippen LogP contribution in [0.1, 0.15) is 36.7 Å². The van der Waals surface area contributed by atoms with E-state index >= 15 is 0 Å². The van der Waals surface area contributed by atoms with E-state index in [-0.39, 0.29) is 11.5 Å². The minimum absolute atomic E-state index is 0.292. The van der Waals surface area contributed by atoms with Crippen LogP contribution in [0.15, 0.2) is 37.1 Å². The van der Waals surface area contributed by atoms with E-state index in [0.717, 1.165) is 39.0 Å². The van der Waals surface area contributed by atoms with Gasteiger partial charge in [0.1, 0.15) is 18.3 Å². The molecule has 0 aromatic carbocycles. The van der Waals surface area contributed by atoms with Crippen LogP contribution in [0.3, 0.4) is 0 Å². The number of hydrogen-bond donors (Lipinski definition) is 2. The Morgan fingerprint density at radius 2 is 2.03 bits per heavy atom. The van der Waals surface area contributed by atoms with Crippen LogP contribution in [0.4, 0.5) is 0 Å². The zero-order chi connectivity index (χ0) is 20.3. The highest BCUT2D eigenvalue weighted by Gasteiger charge is 2.49. The summed E-state index contributed by atoms with van der Waals surface area (Å²) in [6.45, 7) is 5.73. The van der Waals surface area contributed by atoms with E-state index in [1.165, 1.54) is 0 Å². The fraction of sp³-hybridized carbons (Fsp3) is 0.600. The molecular formula is C20H28N6O3. The Kier molecular flexibility index (Phi) is 5.62. The molecule has 1 spiro atoms. The zero-order valence-corrected chi connectivity index (χ0v) is 16.7. The highest BCUT2D eigenvalue weighted by atomic mass is 16.5. The van der Waals surface area contributed by atoms with Gasteiger partial charge >= 0.3 is 0 Å². The van der Waals surface area contributed by atoms with Gasteiger partial charge in [0.05, 0.1) is 23.9 Å². The molecule has 2 atom stereocenters. The van der Waals surface area contributed by atoms with Crippen LogP contribution in [0.5, 0.6) is 0 Å². The van der Waals surface area contributed by atoms with Gasteiger partial charge in [-0.3, -0.25) is 9.78 Å². The topological polar surface area (TPSA) is 105 Å². The molecule has 9 heteroatoms. The van der Waals surface area contributed by atoms with E-state index < -0.39 is 11.6 Å². The van der Waals surface area contributed by atoms with Crippen molar-refractivity contribution >= 4 is 5.91 Å². The third kappa shape index (κ3) is 4.63. The molecule has 2 fully saturated rings. The molecule has 29 heavy (non-hydrogen) atoms. The lowest BCUT2D eigenvalue weighted by molar-refractivity contribution is -0.186. The number of likely N-dealkylation sites (tertiary alicyclic amines) is 1. The van der Waals surface area contributed by atoms with Crippen molar-refractivity contribution in [2.24, 2.45) is 0 Å². The van der Waals surface area contributed by atoms with Gasteiger partial charge in [0, 0.05) is 38.8 Å². The number of nitrogens with zero attached hydrogens (tertiary/aromatic N) is 5. The molecule has 2 N–H and O–H groups in total. The number of aliphatic hydroxyl groups is 1. The van der Waals surface area contributed by atoms with Crippen LogP contribution < -0.4 is 5.32 Å². The lowest BCUT2D eigenvalue weighted by atomic mass is 9.75. The first-order valence-corrected chi connectivity index (χ1v) is 10.1. The van der Waals surface area contributed by atoms with E-state index in [2.05, 4.69) is 25.4 Å². The summed E-state index contributed by atoms with van der Waals surface area (Å²) in [4.78, 5) is 18.9. The molecule has 2 aliphatic rings. The van der Waals surface area contributed by atoms with Crippen molar-refractivity contribution in [3.8, 4) is 0 Å². The van der Waals surface area contributed by atoms with Crippen molar-refractivity contribution in [3.05, 3.63) is 42.7 Å². The number of carbonyl (C=O) groups excluding carboxylic acids is 1. The molecule has 2 aromatic heterocycles. The Bertz CT molecular complexity index is 803. The van der Waals surface area contributed by atoms with Crippen molar-refractivity contribution in [2.45, 2.75) is 50.0 Å². The Morgan fingerprint density at radius 1 is 1.28 bits per heavy atom. The van der Waals surface area contributed by atoms with Gasteiger partial charge in [-0.15, -0.1) is 10.2 Å². The number of hydrogen-bond acceptors (Lipinski definition) is 7. The maximum Gasteiger partial charge on any atom is 0.270 e. The molecular weight excluding hydrogens is 372 g/mol. The number of pyridine rings is 1. The monoisotopic (exact) mass is 400 g/mol. The number of ether oxygens (including phenoxy) is 1. The van der Waals surface area contributed by atoms with E-state index in [4.69, 9.17) is 4.74 Å². The summed E-state index contributed by atoms with van der Waals surface area (Å²) in [7, 11) is 0. The molecule has 0 unspecified atom stereocenters. The molecule has 2 aliphatic heterocycles. The summed E-state index contributed by atoms with van der Waals surface area (Å²) in [5.74, 6) is -0.292. The normalized spacial score (nSPS) is 27.0. The quantitative estimate of drug-likeness (QED) is 0.752. The lowest BCUT2D eigenvalue weighted by Crippen LogP contribution is -2.64. The highest BCUT2D eigenvalue weighted by Crippen LogP contribution is 2.39. The molecule has 0 saturated carbocycles. The molecule has 0 radical (unpaired) electrons. The molecule has 2 aromatic rings. The second-order valence-electron chi connectivity index (χ2n) is 8.31. The second-order valence-corrected chi connectivity index (χ2v) is 8.31. The standard InChI is InChI=1S/C20H28N6O3/c1-19(28)13-20(5-8-25(9-6-20)10-11-26-14-22-23-15-26)29-12-17(19)24-18(27)16-4-2-3-7-21-16/h2-4,7,14-15,17,28H,5-6,8-13H2,1H3,(H,24,27)/t17-,19-/m0/s1. The van der Waals surface area contributed by atoms with Crippen LogP contribution in [-0.4, -0.2) is 79.1 Å². The third-order valence-electron chi connectivity index (χ3n) is 6.10. The lowest BCUT2D eigenvalue weighted by Gasteiger charge is -2.51. The smallest absolute Gasteiger partial charge is 0.270 e. The molecule has 156 valence electrons. The van der Waals surface area contributed by atoms with Crippen molar-refractivity contribution in [2.75, 3.05) is 26.2 Å². The largest absolute Gasteiger partial charge is 0.388 e. The molecule has 9 nitrogen and oxygen atoms in total. The van der Waals surface area contributed by atoms with Gasteiger partial charge in [0.15, 0.2) is 0 Å². The fourth-order valence-electron chi connectivity index (χ4n) is 4.29. The van der Waals surface area contributed by atoms with Gasteiger partial charge in [-0.2, -0.15) is 0 Å². The number of aromatic nitrogens is 4. The Labute approximate surface area is 170 Å². The molecule has 2 saturated heterocycles. The Balaban J connectivity index is 1.30. The first-order valence-electron chi connectivity index (χ1n) is 10.1. The Morgan fingerprint density at radius 3 is 2.69 bits per heavy atom. The van der Waals surface area contributed by atoms with Gasteiger partial charge in [-0.25, -0.2) is 0 Å². The number of amides is 1. The summed E-state index contributed by atoms with van der Waals surface area (Å²) in [6.07, 6.45) is 7.28. The third-order valence-corrected chi connectivity index (χ3v) is 6.10. The predicted molar refractivity (Wildman–Crippen MR) is 105 cm³/mol. The number of carbonyl (C=O) groups is 1. The van der Waals surface area contributed by atoms with Crippen molar-refractivity contribution in [1.82, 2.24) is 30.0 Å². The minimum atomic E-state index is -1.03. The van der Waals surface area contributed by atoms with E-state index in [0.29, 0.717) is 18.7 Å². The van der Waals surface area contributed by atoms with Crippen LogP contribution in [0, 0.1) is 0 Å². The first-order chi connectivity index (χ1) is 14.0. The average molecular weight is 400 g/mol. The summed E-state index contributed by atoms with van der Waals surface area (Å²) >= 11 is 0. The maximum absolute atomic E-state index is 12.4. The average Bonchev–Trinajstić information content (AvgIpc) is 3.24. The van der Waals surface area contributed by atoms with Gasteiger partial charge in [-0.05, 0) is 31.9 Å². The zero-order valence-electron chi connectivity index (χ0n) is 16.7. The van der Waals surface area contributed by atoms with Gasteiger partial charge in [0.25, 0.3) is 5.91 Å². The van der Waals surface area contributed by atoms with Gasteiger partial charge in [0.2, 0.25) is 0 Å². The van der Waals surface area contributed by atoms with Crippen LogP contribution in [0.2, 0.25) is 0 Å². The summed E-state index contributed by atoms with van der Waals surface area (Å²) in [6, 6.07) is 4.72. The minimum Gasteiger partial charge on any atom is -0.388 e. The second kappa shape index (κ2) is 8.17. The van der Waals surface area contributed by atoms with E-state index in [1.54, 1.807) is 44.0 Å². The first kappa shape index (κ1) is 19.9. The maximum atomic E-state index is 12.4. The number of rotatable bonds is 5. The number of piperidine rings is 1. The molecule has 1 amide bonds. The van der Waals surface area contributed by atoms with Crippen molar-refractivity contribution in [3.63, 3.8) is 0 Å². The molecule has 4 rings (SSSR count). The fourth-order valence-corrected chi connectivity index (χ4v) is 4.29. The summed E-state index contributed by atoms with van der Waals surface area (Å²) < 4.78 is 8.22. The van der Waals surface area contributed by atoms with Crippen LogP contribution in [0.25, 0.3) is 0 Å². The molecule has 4 heterocycles. The van der Waals surface area contributed by atoms with E-state index in [9.17, 15) is 9.90 Å². The Hall–Kier alpha value is -2.36. The van der Waals surface area contributed by atoms with Crippen molar-refractivity contribution in [1.29, 1.82) is 0 Å². The van der Waals surface area contributed by atoms with Gasteiger partial charge < -0.3 is 24.6 Å². The molecule has 0 aliphatic carbocycles. The van der Waals surface area contributed by atoms with Crippen molar-refractivity contribution < 1.29 is 14.6 Å². The van der Waals surface area contributed by atoms with Crippen LogP contribution >= 0.6 is 0 Å². The highest BCUT2D eigenvalue weighted by molar-refractivity contribution is 5.92. The SMILES string of the molecule is C[C@]1(O)CC2(CCN(CCn3cnnc3)CC2)OC[C@@H]1NC(=O)c1ccccn1. The van der Waals surface area contributed by atoms with Gasteiger partial charge in [-0.1, -0.05) is 6.07 Å². The summed E-state index contributed by atoms with van der Waals surface area (Å²) in [5, 5.41) is 21.6. The van der Waals surface area contributed by atoms with E-state index in [1.807, 2.05) is 4.57 Å². The predicted octanol–water partition coefficient (Wildman–Crippen LogP) is 0.478. The number of nitrogens with one attached hydrogen (secondary N) is 1. The van der Waals surface area contributed by atoms with Crippen LogP contribution in [-0.2, 0) is 11.3 Å².